The van der Waals surface area contributed by atoms with Gasteiger partial charge in [-0.2, -0.15) is 0 Å². The highest BCUT2D eigenvalue weighted by Crippen LogP contribution is 2.33. The first kappa shape index (κ1) is 27.7. The number of aromatic hydroxyl groups is 1. The maximum atomic E-state index is 14.2. The number of carbonyl (C=O) groups excluding carboxylic acids is 3. The van der Waals surface area contributed by atoms with Crippen LogP contribution in [0.4, 0.5) is 0 Å². The van der Waals surface area contributed by atoms with Crippen molar-refractivity contribution >= 4 is 17.7 Å². The minimum absolute atomic E-state index is 0.113. The Hall–Kier alpha value is -3.35. The molecule has 0 radical (unpaired) electrons. The Kier molecular flexibility index (Phi) is 8.14. The third-order valence-electron chi connectivity index (χ3n) is 8.05. The average molecular weight is 520 g/mol. The van der Waals surface area contributed by atoms with E-state index < -0.39 is 17.5 Å². The molecule has 0 fully saturated rings. The van der Waals surface area contributed by atoms with Gasteiger partial charge in [0, 0.05) is 18.9 Å². The Morgan fingerprint density at radius 3 is 2.53 bits per heavy atom. The Labute approximate surface area is 226 Å². The van der Waals surface area contributed by atoms with E-state index in [0.717, 1.165) is 36.0 Å². The van der Waals surface area contributed by atoms with Crippen molar-refractivity contribution in [3.05, 3.63) is 64.7 Å². The van der Waals surface area contributed by atoms with Crippen LogP contribution in [-0.4, -0.2) is 39.8 Å². The van der Waals surface area contributed by atoms with Gasteiger partial charge < -0.3 is 20.6 Å². The van der Waals surface area contributed by atoms with Crippen LogP contribution >= 0.6 is 0 Å². The van der Waals surface area contributed by atoms with E-state index in [1.807, 2.05) is 46.8 Å². The molecular weight excluding hydrogens is 478 g/mol. The number of rotatable bonds is 6. The molecular formula is C31H41N3O4. The lowest BCUT2D eigenvalue weighted by atomic mass is 9.83. The fourth-order valence-electron chi connectivity index (χ4n) is 5.49. The number of hydrogen-bond donors (Lipinski definition) is 3. The lowest BCUT2D eigenvalue weighted by Gasteiger charge is -2.41. The molecule has 1 heterocycles. The summed E-state index contributed by atoms with van der Waals surface area (Å²) in [7, 11) is 0. The predicted molar refractivity (Wildman–Crippen MR) is 147 cm³/mol. The van der Waals surface area contributed by atoms with E-state index in [2.05, 4.69) is 22.8 Å². The second-order valence-electron chi connectivity index (χ2n) is 11.9. The first-order valence-corrected chi connectivity index (χ1v) is 13.8. The Balaban J connectivity index is 1.65. The number of aryl methyl sites for hydroxylation is 1. The normalized spacial score (nSPS) is 20.5. The van der Waals surface area contributed by atoms with Crippen LogP contribution in [0, 0.1) is 11.3 Å². The molecule has 2 unspecified atom stereocenters. The molecule has 3 N–H and O–H groups in total. The van der Waals surface area contributed by atoms with E-state index in [1.165, 1.54) is 5.56 Å². The van der Waals surface area contributed by atoms with Gasteiger partial charge in [0.2, 0.25) is 17.7 Å². The molecule has 4 rings (SSSR count). The highest BCUT2D eigenvalue weighted by Gasteiger charge is 2.42. The number of fused-ring (bicyclic) bond motifs is 2. The van der Waals surface area contributed by atoms with Crippen molar-refractivity contribution in [3.8, 4) is 5.75 Å². The second-order valence-corrected chi connectivity index (χ2v) is 11.9. The molecule has 204 valence electrons. The Morgan fingerprint density at radius 2 is 1.82 bits per heavy atom. The molecule has 0 bridgehead atoms. The number of carbonyl (C=O) groups is 3. The fraction of sp³-hybridized carbons (Fsp3) is 0.516. The molecule has 7 nitrogen and oxygen atoms in total. The Bertz CT molecular complexity index is 1200. The van der Waals surface area contributed by atoms with E-state index in [1.54, 1.807) is 23.1 Å². The van der Waals surface area contributed by atoms with Crippen molar-refractivity contribution in [1.29, 1.82) is 0 Å². The predicted octanol–water partition coefficient (Wildman–Crippen LogP) is 4.42. The SMILES string of the molecule is CC[C@@H](C)C(=O)N[C@H](C(=O)N1Cc2ccc(O)cc2CC1C(=O)NC1CCCc2ccccc21)C(C)(C)C. The molecule has 38 heavy (non-hydrogen) atoms. The molecule has 0 saturated heterocycles. The summed E-state index contributed by atoms with van der Waals surface area (Å²) >= 11 is 0. The summed E-state index contributed by atoms with van der Waals surface area (Å²) in [6.45, 7) is 9.81. The van der Waals surface area contributed by atoms with Crippen LogP contribution in [0.1, 0.15) is 82.2 Å². The summed E-state index contributed by atoms with van der Waals surface area (Å²) in [6, 6.07) is 11.6. The van der Waals surface area contributed by atoms with Gasteiger partial charge in [-0.15, -0.1) is 0 Å². The van der Waals surface area contributed by atoms with E-state index in [4.69, 9.17) is 0 Å². The van der Waals surface area contributed by atoms with Crippen molar-refractivity contribution in [1.82, 2.24) is 15.5 Å². The van der Waals surface area contributed by atoms with E-state index >= 15 is 0 Å². The third-order valence-corrected chi connectivity index (χ3v) is 8.05. The lowest BCUT2D eigenvalue weighted by Crippen LogP contribution is -2.61. The second kappa shape index (κ2) is 11.2. The summed E-state index contributed by atoms with van der Waals surface area (Å²) < 4.78 is 0. The van der Waals surface area contributed by atoms with Gasteiger partial charge in [0.25, 0.3) is 0 Å². The van der Waals surface area contributed by atoms with Gasteiger partial charge >= 0.3 is 0 Å². The molecule has 1 aliphatic heterocycles. The Morgan fingerprint density at radius 1 is 1.08 bits per heavy atom. The quantitative estimate of drug-likeness (QED) is 0.526. The monoisotopic (exact) mass is 519 g/mol. The third kappa shape index (κ3) is 5.87. The van der Waals surface area contributed by atoms with Gasteiger partial charge in [0.05, 0.1) is 6.04 Å². The summed E-state index contributed by atoms with van der Waals surface area (Å²) in [5.74, 6) is -0.726. The zero-order valence-electron chi connectivity index (χ0n) is 23.2. The van der Waals surface area contributed by atoms with Gasteiger partial charge in [-0.05, 0) is 65.5 Å². The van der Waals surface area contributed by atoms with Gasteiger partial charge in [0.15, 0.2) is 0 Å². The van der Waals surface area contributed by atoms with Crippen LogP contribution in [0.25, 0.3) is 0 Å². The number of amides is 3. The van der Waals surface area contributed by atoms with E-state index in [0.29, 0.717) is 12.8 Å². The topological polar surface area (TPSA) is 98.7 Å². The van der Waals surface area contributed by atoms with E-state index in [-0.39, 0.29) is 42.0 Å². The first-order valence-electron chi connectivity index (χ1n) is 13.8. The molecule has 0 aromatic heterocycles. The van der Waals surface area contributed by atoms with Crippen molar-refractivity contribution in [3.63, 3.8) is 0 Å². The smallest absolute Gasteiger partial charge is 0.246 e. The summed E-state index contributed by atoms with van der Waals surface area (Å²) in [5, 5.41) is 16.3. The van der Waals surface area contributed by atoms with E-state index in [9.17, 15) is 19.5 Å². The fourth-order valence-corrected chi connectivity index (χ4v) is 5.49. The van der Waals surface area contributed by atoms with Crippen LogP contribution in [0.3, 0.4) is 0 Å². The molecule has 4 atom stereocenters. The molecule has 2 aliphatic rings. The molecule has 3 amide bonds. The molecule has 2 aromatic rings. The van der Waals surface area contributed by atoms with Crippen LogP contribution in [0.2, 0.25) is 0 Å². The minimum Gasteiger partial charge on any atom is -0.508 e. The number of benzene rings is 2. The number of phenolic OH excluding ortho intramolecular Hbond substituents is 1. The summed E-state index contributed by atoms with van der Waals surface area (Å²) in [6.07, 6.45) is 3.79. The maximum Gasteiger partial charge on any atom is 0.246 e. The maximum absolute atomic E-state index is 14.2. The first-order chi connectivity index (χ1) is 18.0. The molecule has 0 spiro atoms. The van der Waals surface area contributed by atoms with Crippen molar-refractivity contribution < 1.29 is 19.5 Å². The van der Waals surface area contributed by atoms with Gasteiger partial charge in [-0.1, -0.05) is 65.0 Å². The van der Waals surface area contributed by atoms with Crippen LogP contribution in [-0.2, 0) is 33.8 Å². The summed E-state index contributed by atoms with van der Waals surface area (Å²) in [4.78, 5) is 42.5. The number of nitrogens with zero attached hydrogens (tertiary/aromatic N) is 1. The highest BCUT2D eigenvalue weighted by molar-refractivity contribution is 5.93. The zero-order valence-corrected chi connectivity index (χ0v) is 23.2. The molecule has 1 aliphatic carbocycles. The lowest BCUT2D eigenvalue weighted by molar-refractivity contribution is -0.147. The minimum atomic E-state index is -0.784. The average Bonchev–Trinajstić information content (AvgIpc) is 2.89. The molecule has 0 saturated carbocycles. The van der Waals surface area contributed by atoms with Crippen LogP contribution in [0.15, 0.2) is 42.5 Å². The largest absolute Gasteiger partial charge is 0.508 e. The standard InChI is InChI=1S/C31H41N3O4/c1-6-19(2)28(36)33-27(31(3,4)5)30(38)34-18-21-14-15-23(35)16-22(21)17-26(34)29(37)32-25-13-9-11-20-10-7-8-12-24(20)25/h7-8,10,12,14-16,19,25-27,35H,6,9,11,13,17-18H2,1-5H3,(H,32,37)(H,33,36)/t19-,25?,26?,27-/m1/s1. The number of nitrogens with one attached hydrogen (secondary N) is 2. The van der Waals surface area contributed by atoms with Gasteiger partial charge in [-0.3, -0.25) is 14.4 Å². The molecule has 7 heteroatoms. The number of hydrogen-bond acceptors (Lipinski definition) is 4. The highest BCUT2D eigenvalue weighted by atomic mass is 16.3. The van der Waals surface area contributed by atoms with Crippen LogP contribution in [0.5, 0.6) is 5.75 Å². The van der Waals surface area contributed by atoms with Crippen molar-refractivity contribution in [2.24, 2.45) is 11.3 Å². The van der Waals surface area contributed by atoms with Crippen molar-refractivity contribution in [2.45, 2.75) is 91.4 Å². The zero-order chi connectivity index (χ0) is 27.6. The molecule has 2 aromatic carbocycles. The van der Waals surface area contributed by atoms with Crippen molar-refractivity contribution in [2.75, 3.05) is 0 Å². The number of phenols is 1. The van der Waals surface area contributed by atoms with Crippen LogP contribution < -0.4 is 10.6 Å². The van der Waals surface area contributed by atoms with Gasteiger partial charge in [-0.25, -0.2) is 0 Å². The van der Waals surface area contributed by atoms with Gasteiger partial charge in [0.1, 0.15) is 17.8 Å². The summed E-state index contributed by atoms with van der Waals surface area (Å²) in [5.41, 5.74) is 3.57.